The van der Waals surface area contributed by atoms with Gasteiger partial charge in [0.05, 0.1) is 12.3 Å². The number of nitrogens with one attached hydrogen (secondary N) is 1. The first kappa shape index (κ1) is 7.64. The second-order valence-corrected chi connectivity index (χ2v) is 2.70. The van der Waals surface area contributed by atoms with E-state index in [1.165, 1.54) is 0 Å². The van der Waals surface area contributed by atoms with Crippen LogP contribution in [-0.4, -0.2) is 29.7 Å². The summed E-state index contributed by atoms with van der Waals surface area (Å²) in [4.78, 5) is 7.98. The molecular weight excluding hydrogens is 154 g/mol. The lowest BCUT2D eigenvalue weighted by atomic mass is 10.2. The third-order valence-corrected chi connectivity index (χ3v) is 1.86. The molecule has 4 nitrogen and oxygen atoms in total. The zero-order valence-electron chi connectivity index (χ0n) is 6.73. The number of hydrogen-bond acceptors (Lipinski definition) is 4. The van der Waals surface area contributed by atoms with Gasteiger partial charge in [0.25, 0.3) is 0 Å². The van der Waals surface area contributed by atoms with Crippen molar-refractivity contribution in [2.75, 3.05) is 19.7 Å². The van der Waals surface area contributed by atoms with Crippen molar-refractivity contribution in [1.82, 2.24) is 15.3 Å². The van der Waals surface area contributed by atoms with Crippen molar-refractivity contribution in [2.45, 2.75) is 6.10 Å². The number of nitrogens with zero attached hydrogens (tertiary/aromatic N) is 2. The normalized spacial score (nSPS) is 23.8. The van der Waals surface area contributed by atoms with E-state index in [0.717, 1.165) is 25.4 Å². The number of rotatable bonds is 1. The van der Waals surface area contributed by atoms with E-state index in [9.17, 15) is 0 Å². The van der Waals surface area contributed by atoms with Crippen molar-refractivity contribution < 1.29 is 4.74 Å². The van der Waals surface area contributed by atoms with E-state index in [1.807, 2.05) is 6.07 Å². The summed E-state index contributed by atoms with van der Waals surface area (Å²) in [5, 5.41) is 3.25. The van der Waals surface area contributed by atoms with E-state index >= 15 is 0 Å². The maximum Gasteiger partial charge on any atom is 0.115 e. The largest absolute Gasteiger partial charge is 0.369 e. The highest BCUT2D eigenvalue weighted by molar-refractivity contribution is 5.03. The standard InChI is InChI=1S/C8H11N3O/c1-2-10-6-11-7(1)8-5-9-3-4-12-8/h1-2,6,8-9H,3-5H2/t8-/m1/s1. The molecule has 0 spiro atoms. The molecule has 0 radical (unpaired) electrons. The van der Waals surface area contributed by atoms with Gasteiger partial charge in [-0.15, -0.1) is 0 Å². The predicted octanol–water partition coefficient (Wildman–Crippen LogP) is 0.138. The molecule has 12 heavy (non-hydrogen) atoms. The van der Waals surface area contributed by atoms with E-state index in [2.05, 4.69) is 15.3 Å². The molecule has 0 saturated carbocycles. The summed E-state index contributed by atoms with van der Waals surface area (Å²) < 4.78 is 5.51. The van der Waals surface area contributed by atoms with Crippen LogP contribution in [0.15, 0.2) is 18.6 Å². The van der Waals surface area contributed by atoms with Gasteiger partial charge in [0.2, 0.25) is 0 Å². The van der Waals surface area contributed by atoms with Gasteiger partial charge in [0.1, 0.15) is 12.4 Å². The lowest BCUT2D eigenvalue weighted by Crippen LogP contribution is -2.33. The highest BCUT2D eigenvalue weighted by Crippen LogP contribution is 2.14. The Labute approximate surface area is 71.0 Å². The lowest BCUT2D eigenvalue weighted by molar-refractivity contribution is 0.0249. The molecule has 0 bridgehead atoms. The van der Waals surface area contributed by atoms with Gasteiger partial charge in [0, 0.05) is 19.3 Å². The number of morpholine rings is 1. The Morgan fingerprint density at radius 3 is 3.25 bits per heavy atom. The Kier molecular flexibility index (Phi) is 2.29. The fraction of sp³-hybridized carbons (Fsp3) is 0.500. The Balaban J connectivity index is 2.08. The minimum atomic E-state index is 0.0988. The van der Waals surface area contributed by atoms with Gasteiger partial charge in [-0.05, 0) is 6.07 Å². The molecule has 1 N–H and O–H groups in total. The molecule has 2 heterocycles. The molecule has 2 rings (SSSR count). The molecule has 64 valence electrons. The quantitative estimate of drug-likeness (QED) is 0.643. The summed E-state index contributed by atoms with van der Waals surface area (Å²) in [5.41, 5.74) is 0.956. The average Bonchev–Trinajstić information content (AvgIpc) is 2.21. The molecule has 0 amide bonds. The maximum absolute atomic E-state index is 5.51. The smallest absolute Gasteiger partial charge is 0.115 e. The van der Waals surface area contributed by atoms with Crippen LogP contribution in [0.3, 0.4) is 0 Å². The van der Waals surface area contributed by atoms with Crippen molar-refractivity contribution in [3.05, 3.63) is 24.3 Å². The average molecular weight is 165 g/mol. The van der Waals surface area contributed by atoms with Crippen molar-refractivity contribution in [1.29, 1.82) is 0 Å². The Hall–Kier alpha value is -1.00. The molecule has 0 aromatic carbocycles. The molecule has 1 aliphatic heterocycles. The van der Waals surface area contributed by atoms with Gasteiger partial charge in [-0.25, -0.2) is 9.97 Å². The number of hydrogen-bond donors (Lipinski definition) is 1. The van der Waals surface area contributed by atoms with Gasteiger partial charge >= 0.3 is 0 Å². The molecule has 0 unspecified atom stereocenters. The zero-order chi connectivity index (χ0) is 8.23. The van der Waals surface area contributed by atoms with Crippen LogP contribution < -0.4 is 5.32 Å². The molecule has 1 aromatic heterocycles. The summed E-state index contributed by atoms with van der Waals surface area (Å²) in [5.74, 6) is 0. The van der Waals surface area contributed by atoms with Gasteiger partial charge in [0.15, 0.2) is 0 Å². The topological polar surface area (TPSA) is 47.0 Å². The SMILES string of the molecule is c1cc([C@H]2CNCCO2)ncn1. The molecule has 1 atom stereocenters. The van der Waals surface area contributed by atoms with E-state index in [4.69, 9.17) is 4.74 Å². The summed E-state index contributed by atoms with van der Waals surface area (Å²) in [6.07, 6.45) is 3.38. The third-order valence-electron chi connectivity index (χ3n) is 1.86. The summed E-state index contributed by atoms with van der Waals surface area (Å²) >= 11 is 0. The van der Waals surface area contributed by atoms with Crippen molar-refractivity contribution in [3.63, 3.8) is 0 Å². The van der Waals surface area contributed by atoms with Gasteiger partial charge in [-0.1, -0.05) is 0 Å². The van der Waals surface area contributed by atoms with E-state index in [-0.39, 0.29) is 6.10 Å². The summed E-state index contributed by atoms with van der Waals surface area (Å²) in [7, 11) is 0. The van der Waals surface area contributed by atoms with Crippen molar-refractivity contribution >= 4 is 0 Å². The predicted molar refractivity (Wildman–Crippen MR) is 43.6 cm³/mol. The Morgan fingerprint density at radius 2 is 2.58 bits per heavy atom. The minimum Gasteiger partial charge on any atom is -0.369 e. The Bertz CT molecular complexity index is 233. The van der Waals surface area contributed by atoms with Crippen LogP contribution in [0.2, 0.25) is 0 Å². The maximum atomic E-state index is 5.51. The van der Waals surface area contributed by atoms with Crippen LogP contribution >= 0.6 is 0 Å². The highest BCUT2D eigenvalue weighted by atomic mass is 16.5. The molecule has 0 aliphatic carbocycles. The molecule has 4 heteroatoms. The minimum absolute atomic E-state index is 0.0988. The van der Waals surface area contributed by atoms with Gasteiger partial charge in [-0.3, -0.25) is 0 Å². The number of aromatic nitrogens is 2. The summed E-state index contributed by atoms with van der Waals surface area (Å²) in [6, 6.07) is 1.89. The van der Waals surface area contributed by atoms with E-state index in [1.54, 1.807) is 12.5 Å². The van der Waals surface area contributed by atoms with Crippen molar-refractivity contribution in [2.24, 2.45) is 0 Å². The highest BCUT2D eigenvalue weighted by Gasteiger charge is 2.15. The summed E-state index contributed by atoms with van der Waals surface area (Å²) in [6.45, 7) is 2.53. The van der Waals surface area contributed by atoms with Gasteiger partial charge in [-0.2, -0.15) is 0 Å². The fourth-order valence-electron chi connectivity index (χ4n) is 1.25. The lowest BCUT2D eigenvalue weighted by Gasteiger charge is -2.22. The first-order valence-electron chi connectivity index (χ1n) is 4.05. The van der Waals surface area contributed by atoms with Crippen LogP contribution in [0.1, 0.15) is 11.8 Å². The number of ether oxygens (including phenoxy) is 1. The van der Waals surface area contributed by atoms with E-state index in [0.29, 0.717) is 0 Å². The molecule has 1 saturated heterocycles. The fourth-order valence-corrected chi connectivity index (χ4v) is 1.25. The first-order chi connectivity index (χ1) is 5.97. The monoisotopic (exact) mass is 165 g/mol. The Morgan fingerprint density at radius 1 is 1.58 bits per heavy atom. The van der Waals surface area contributed by atoms with Crippen molar-refractivity contribution in [3.8, 4) is 0 Å². The van der Waals surface area contributed by atoms with Crippen LogP contribution in [0.5, 0.6) is 0 Å². The molecular formula is C8H11N3O. The molecule has 1 aromatic rings. The van der Waals surface area contributed by atoms with Crippen LogP contribution in [0.25, 0.3) is 0 Å². The van der Waals surface area contributed by atoms with E-state index < -0.39 is 0 Å². The van der Waals surface area contributed by atoms with Gasteiger partial charge < -0.3 is 10.1 Å². The second-order valence-electron chi connectivity index (χ2n) is 2.70. The van der Waals surface area contributed by atoms with Crippen LogP contribution in [0, 0.1) is 0 Å². The third kappa shape index (κ3) is 1.60. The van der Waals surface area contributed by atoms with Crippen LogP contribution in [0.4, 0.5) is 0 Å². The van der Waals surface area contributed by atoms with Crippen LogP contribution in [-0.2, 0) is 4.74 Å². The second kappa shape index (κ2) is 3.60. The molecule has 1 fully saturated rings. The molecule has 1 aliphatic rings. The first-order valence-corrected chi connectivity index (χ1v) is 4.05. The zero-order valence-corrected chi connectivity index (χ0v) is 6.73.